The number of Topliss-reactive ketones (excluding diaryl/α,β-unsaturated/α-hetero) is 1. The van der Waals surface area contributed by atoms with Crippen LogP contribution in [0.5, 0.6) is 0 Å². The van der Waals surface area contributed by atoms with E-state index in [-0.39, 0.29) is 6.04 Å². The highest BCUT2D eigenvalue weighted by Crippen LogP contribution is 2.45. The monoisotopic (exact) mass is 238 g/mol. The number of hydrogen-bond donors (Lipinski definition) is 0. The van der Waals surface area contributed by atoms with Crippen molar-refractivity contribution in [2.45, 2.75) is 31.7 Å². The number of allylic oxidation sites excluding steroid dienone is 2. The second-order valence-corrected chi connectivity index (χ2v) is 5.13. The Bertz CT molecular complexity index is 600. The average Bonchev–Trinajstić information content (AvgIpc) is 2.89. The first-order valence-electron chi connectivity index (χ1n) is 6.51. The van der Waals surface area contributed by atoms with Crippen molar-refractivity contribution in [2.24, 2.45) is 4.99 Å². The Morgan fingerprint density at radius 3 is 3.06 bits per heavy atom. The molecule has 1 aromatic carbocycles. The van der Waals surface area contributed by atoms with E-state index in [0.29, 0.717) is 12.2 Å². The van der Waals surface area contributed by atoms with Gasteiger partial charge in [0.05, 0.1) is 18.1 Å². The van der Waals surface area contributed by atoms with Crippen LogP contribution < -0.4 is 0 Å². The van der Waals surface area contributed by atoms with Gasteiger partial charge in [-0.05, 0) is 25.3 Å². The predicted octanol–water partition coefficient (Wildman–Crippen LogP) is 3.11. The third-order valence-electron chi connectivity index (χ3n) is 4.17. The molecule has 0 bridgehead atoms. The summed E-state index contributed by atoms with van der Waals surface area (Å²) in [6.45, 7) is 0. The van der Waals surface area contributed by atoms with Crippen LogP contribution in [0.15, 0.2) is 40.5 Å². The van der Waals surface area contributed by atoms with E-state index in [2.05, 4.69) is 16.0 Å². The normalized spacial score (nSPS) is 25.0. The fraction of sp³-hybridized carbons (Fsp3) is 0.333. The Balaban J connectivity index is 1.87. The van der Waals surface area contributed by atoms with Gasteiger partial charge in [-0.15, -0.1) is 0 Å². The minimum Gasteiger partial charge on any atom is -0.328 e. The van der Waals surface area contributed by atoms with Crippen molar-refractivity contribution in [2.75, 3.05) is 0 Å². The van der Waals surface area contributed by atoms with Crippen LogP contribution in [-0.2, 0) is 4.79 Å². The number of rotatable bonds is 0. The second kappa shape index (κ2) is 3.55. The quantitative estimate of drug-likeness (QED) is 0.695. The standard InChI is InChI=1S/C15H14N2O/c18-15-8-14-10-4-1-2-6-12(10)16-9-17(14)13-7-3-5-11(13)15/h1-2,4,6,9,14H,3,5,7-8H2. The van der Waals surface area contributed by atoms with Crippen molar-refractivity contribution < 1.29 is 4.79 Å². The third-order valence-corrected chi connectivity index (χ3v) is 4.17. The average molecular weight is 238 g/mol. The van der Waals surface area contributed by atoms with Crippen LogP contribution in [0.1, 0.15) is 37.3 Å². The lowest BCUT2D eigenvalue weighted by molar-refractivity contribution is -0.117. The van der Waals surface area contributed by atoms with Crippen molar-refractivity contribution >= 4 is 17.8 Å². The molecule has 3 aliphatic rings. The SMILES string of the molecule is O=C1CC2c3ccccc3N=CN2C2=C1CCC2. The van der Waals surface area contributed by atoms with Gasteiger partial charge in [-0.3, -0.25) is 4.79 Å². The summed E-state index contributed by atoms with van der Waals surface area (Å²) in [5.41, 5.74) is 4.46. The van der Waals surface area contributed by atoms with Gasteiger partial charge in [0.1, 0.15) is 0 Å². The van der Waals surface area contributed by atoms with Gasteiger partial charge in [-0.25, -0.2) is 4.99 Å². The first-order valence-corrected chi connectivity index (χ1v) is 6.51. The van der Waals surface area contributed by atoms with E-state index >= 15 is 0 Å². The minimum absolute atomic E-state index is 0.169. The van der Waals surface area contributed by atoms with Crippen molar-refractivity contribution in [3.8, 4) is 0 Å². The molecular formula is C15H14N2O. The van der Waals surface area contributed by atoms with Gasteiger partial charge in [0.2, 0.25) is 0 Å². The fourth-order valence-electron chi connectivity index (χ4n) is 3.32. The smallest absolute Gasteiger partial charge is 0.163 e. The van der Waals surface area contributed by atoms with Crippen LogP contribution in [-0.4, -0.2) is 17.0 Å². The van der Waals surface area contributed by atoms with Crippen molar-refractivity contribution in [1.29, 1.82) is 0 Å². The fourth-order valence-corrected chi connectivity index (χ4v) is 3.32. The van der Waals surface area contributed by atoms with E-state index in [1.807, 2.05) is 24.5 Å². The molecule has 0 spiro atoms. The van der Waals surface area contributed by atoms with E-state index in [1.54, 1.807) is 0 Å². The van der Waals surface area contributed by atoms with E-state index in [4.69, 9.17) is 0 Å². The molecule has 1 atom stereocenters. The number of ketones is 1. The van der Waals surface area contributed by atoms with Crippen LogP contribution in [0.25, 0.3) is 0 Å². The maximum atomic E-state index is 12.2. The zero-order chi connectivity index (χ0) is 12.1. The molecule has 90 valence electrons. The van der Waals surface area contributed by atoms with E-state index < -0.39 is 0 Å². The molecule has 1 aromatic rings. The summed E-state index contributed by atoms with van der Waals surface area (Å²) < 4.78 is 0. The zero-order valence-corrected chi connectivity index (χ0v) is 10.1. The number of carbonyl (C=O) groups excluding carboxylic acids is 1. The second-order valence-electron chi connectivity index (χ2n) is 5.13. The van der Waals surface area contributed by atoms with Gasteiger partial charge >= 0.3 is 0 Å². The minimum atomic E-state index is 0.169. The molecule has 4 rings (SSSR count). The summed E-state index contributed by atoms with van der Waals surface area (Å²) in [5.74, 6) is 0.342. The highest BCUT2D eigenvalue weighted by atomic mass is 16.1. The summed E-state index contributed by atoms with van der Waals surface area (Å²) in [4.78, 5) is 19.0. The molecule has 2 aliphatic heterocycles. The lowest BCUT2D eigenvalue weighted by atomic mass is 9.90. The Morgan fingerprint density at radius 2 is 2.11 bits per heavy atom. The first-order chi connectivity index (χ1) is 8.84. The number of carbonyl (C=O) groups is 1. The Kier molecular flexibility index (Phi) is 1.98. The van der Waals surface area contributed by atoms with Gasteiger partial charge in [0, 0.05) is 23.3 Å². The van der Waals surface area contributed by atoms with Crippen LogP contribution in [0.3, 0.4) is 0 Å². The maximum absolute atomic E-state index is 12.2. The molecule has 0 fully saturated rings. The van der Waals surface area contributed by atoms with Gasteiger partial charge in [0.25, 0.3) is 0 Å². The number of para-hydroxylation sites is 1. The molecule has 3 nitrogen and oxygen atoms in total. The summed E-state index contributed by atoms with van der Waals surface area (Å²) in [6.07, 6.45) is 5.59. The molecule has 0 radical (unpaired) electrons. The number of benzene rings is 1. The summed E-state index contributed by atoms with van der Waals surface area (Å²) in [7, 11) is 0. The highest BCUT2D eigenvalue weighted by molar-refractivity contribution is 5.99. The molecule has 18 heavy (non-hydrogen) atoms. The van der Waals surface area contributed by atoms with Crippen LogP contribution >= 0.6 is 0 Å². The molecule has 1 unspecified atom stereocenters. The Hall–Kier alpha value is -1.90. The Labute approximate surface area is 106 Å². The maximum Gasteiger partial charge on any atom is 0.163 e. The number of fused-ring (bicyclic) bond motifs is 4. The van der Waals surface area contributed by atoms with E-state index in [9.17, 15) is 4.79 Å². The van der Waals surface area contributed by atoms with Crippen LogP contribution in [0, 0.1) is 0 Å². The molecule has 3 heteroatoms. The van der Waals surface area contributed by atoms with Crippen LogP contribution in [0.4, 0.5) is 5.69 Å². The molecule has 0 N–H and O–H groups in total. The van der Waals surface area contributed by atoms with Crippen molar-refractivity contribution in [3.63, 3.8) is 0 Å². The van der Waals surface area contributed by atoms with Gasteiger partial charge in [-0.1, -0.05) is 18.2 Å². The Morgan fingerprint density at radius 1 is 1.22 bits per heavy atom. The summed E-state index contributed by atoms with van der Waals surface area (Å²) in [6, 6.07) is 8.31. The van der Waals surface area contributed by atoms with Gasteiger partial charge in [-0.2, -0.15) is 0 Å². The van der Waals surface area contributed by atoms with E-state index in [1.165, 1.54) is 11.3 Å². The molecule has 1 aliphatic carbocycles. The third kappa shape index (κ3) is 1.24. The van der Waals surface area contributed by atoms with Crippen molar-refractivity contribution in [3.05, 3.63) is 41.1 Å². The zero-order valence-electron chi connectivity index (χ0n) is 10.1. The predicted molar refractivity (Wildman–Crippen MR) is 69.7 cm³/mol. The molecule has 0 saturated heterocycles. The van der Waals surface area contributed by atoms with Crippen molar-refractivity contribution in [1.82, 2.24) is 4.90 Å². The lowest BCUT2D eigenvalue weighted by Crippen LogP contribution is -2.35. The van der Waals surface area contributed by atoms with E-state index in [0.717, 1.165) is 30.5 Å². The number of nitrogens with zero attached hydrogens (tertiary/aromatic N) is 2. The lowest BCUT2D eigenvalue weighted by Gasteiger charge is -2.38. The molecular weight excluding hydrogens is 224 g/mol. The van der Waals surface area contributed by atoms with Gasteiger partial charge in [0.15, 0.2) is 5.78 Å². The first kappa shape index (κ1) is 10.1. The topological polar surface area (TPSA) is 32.7 Å². The number of aliphatic imine (C=N–C) groups is 1. The summed E-state index contributed by atoms with van der Waals surface area (Å²) >= 11 is 0. The van der Waals surface area contributed by atoms with Gasteiger partial charge < -0.3 is 4.90 Å². The number of hydrogen-bond acceptors (Lipinski definition) is 3. The molecule has 0 saturated carbocycles. The largest absolute Gasteiger partial charge is 0.328 e. The molecule has 2 heterocycles. The molecule has 0 aromatic heterocycles. The van der Waals surface area contributed by atoms with Crippen LogP contribution in [0.2, 0.25) is 0 Å². The molecule has 0 amide bonds. The summed E-state index contributed by atoms with van der Waals surface area (Å²) in [5, 5.41) is 0. The highest BCUT2D eigenvalue weighted by Gasteiger charge is 2.37.